The molecule has 0 aliphatic rings. The van der Waals surface area contributed by atoms with Crippen LogP contribution in [0.3, 0.4) is 0 Å². The molecule has 2 nitrogen and oxygen atoms in total. The third kappa shape index (κ3) is 9.10. The van der Waals surface area contributed by atoms with Crippen LogP contribution >= 0.6 is 0 Å². The van der Waals surface area contributed by atoms with Crippen LogP contribution in [-0.2, 0) is 27.4 Å². The normalized spacial score (nSPS) is 0. The molecule has 0 fully saturated rings. The minimum atomic E-state index is 0. The van der Waals surface area contributed by atoms with Crippen LogP contribution in [0.5, 0.6) is 0 Å². The zero-order valence-electron chi connectivity index (χ0n) is 1.84. The molecule has 0 spiro atoms. The molecule has 0 heterocycles. The quantitative estimate of drug-likeness (QED) is 0.554. The van der Waals surface area contributed by atoms with Gasteiger partial charge >= 0.3 is 61.5 Å². The largest absolute Gasteiger partial charge is 2.00 e. The predicted molar refractivity (Wildman–Crippen MR) is 1.37 cm³/mol. The van der Waals surface area contributed by atoms with Gasteiger partial charge in [-0.15, -0.1) is 0 Å². The van der Waals surface area contributed by atoms with Crippen LogP contribution in [0.25, 0.3) is 0 Å². The summed E-state index contributed by atoms with van der Waals surface area (Å²) in [4.78, 5) is 0. The van der Waals surface area contributed by atoms with Gasteiger partial charge in [-0.3, -0.25) is 0 Å². The molecule has 0 aliphatic heterocycles. The first-order chi connectivity index (χ1) is 0. The van der Waals surface area contributed by atoms with E-state index >= 15 is 0 Å². The van der Waals surface area contributed by atoms with Crippen molar-refractivity contribution in [1.82, 2.24) is 0 Å². The van der Waals surface area contributed by atoms with E-state index in [1.165, 1.54) is 0 Å². The molecule has 0 saturated heterocycles. The van der Waals surface area contributed by atoms with E-state index in [9.17, 15) is 0 Å². The van der Waals surface area contributed by atoms with Crippen molar-refractivity contribution in [2.75, 3.05) is 0 Å². The van der Waals surface area contributed by atoms with Crippen molar-refractivity contribution in [3.05, 3.63) is 0 Å². The van der Waals surface area contributed by atoms with Crippen molar-refractivity contribution < 1.29 is 72.4 Å². The Morgan fingerprint density at radius 2 is 0.750 bits per heavy atom. The van der Waals surface area contributed by atoms with Crippen LogP contribution in [0, 0.1) is 45.0 Å². The van der Waals surface area contributed by atoms with Crippen molar-refractivity contribution >= 4 is 0 Å². The third-order valence-electron chi connectivity index (χ3n) is 0. The van der Waals surface area contributed by atoms with Gasteiger partial charge in [0.1, 0.15) is 0 Å². The molecule has 4 heteroatoms. The van der Waals surface area contributed by atoms with E-state index in [1.807, 2.05) is 0 Å². The summed E-state index contributed by atoms with van der Waals surface area (Å²) in [5, 5.41) is 0. The van der Waals surface area contributed by atoms with Crippen LogP contribution in [0.4, 0.5) is 0 Å². The zero-order valence-corrected chi connectivity index (χ0v) is 8.64. The van der Waals surface area contributed by atoms with Crippen LogP contribution in [0.1, 0.15) is 0 Å². The molecule has 0 saturated carbocycles. The van der Waals surface area contributed by atoms with E-state index in [0.717, 1.165) is 0 Å². The summed E-state index contributed by atoms with van der Waals surface area (Å²) >= 11 is 0. The predicted octanol–water partition coefficient (Wildman–Crippen LogP) is -0.240. The van der Waals surface area contributed by atoms with E-state index in [4.69, 9.17) is 0 Å². The summed E-state index contributed by atoms with van der Waals surface area (Å²) in [5.74, 6) is 0. The molecule has 0 aliphatic carbocycles. The van der Waals surface area contributed by atoms with Crippen molar-refractivity contribution in [2.45, 2.75) is 0 Å². The summed E-state index contributed by atoms with van der Waals surface area (Å²) in [6.07, 6.45) is 0. The molecular formula is NiO2Ra. The second kappa shape index (κ2) is 20.8. The maximum Gasteiger partial charge on any atom is 2.00 e. The van der Waals surface area contributed by atoms with Crippen molar-refractivity contribution in [1.29, 1.82) is 0 Å². The average molecular weight is 317 g/mol. The fraction of sp³-hybridized carbons (Fsp3) is 0. The molecule has 24 valence electrons. The molecule has 0 amide bonds. The van der Waals surface area contributed by atoms with Gasteiger partial charge < -0.3 is 11.0 Å². The molecule has 0 radical (unpaired) electrons. The molecule has 0 aromatic heterocycles. The van der Waals surface area contributed by atoms with Gasteiger partial charge in [0.2, 0.25) is 0 Å². The summed E-state index contributed by atoms with van der Waals surface area (Å²) in [6, 6.07) is 0. The second-order valence-electron chi connectivity index (χ2n) is 0. The van der Waals surface area contributed by atoms with Crippen LogP contribution in [-0.4, -0.2) is 0 Å². The molecule has 0 N–H and O–H groups in total. The maximum absolute atomic E-state index is 0. The molecule has 4 heavy (non-hydrogen) atoms. The number of hydrogen-bond acceptors (Lipinski definition) is 0. The van der Waals surface area contributed by atoms with Gasteiger partial charge in [-0.1, -0.05) is 0 Å². The van der Waals surface area contributed by atoms with E-state index in [0.29, 0.717) is 0 Å². The first-order valence-corrected chi connectivity index (χ1v) is 0. The fourth-order valence-corrected chi connectivity index (χ4v) is 0. The standard InChI is InChI=1S/Ni.2O.Ra/q+2;2*-2;+2. The van der Waals surface area contributed by atoms with E-state index < -0.39 is 0 Å². The topological polar surface area (TPSA) is 57.0 Å². The van der Waals surface area contributed by atoms with Crippen molar-refractivity contribution in [3.63, 3.8) is 0 Å². The number of hydrogen-bond donors (Lipinski definition) is 0. The first-order valence-electron chi connectivity index (χ1n) is 0. The molecule has 0 bridgehead atoms. The monoisotopic (exact) mass is 316 g/mol. The van der Waals surface area contributed by atoms with Gasteiger partial charge in [0.25, 0.3) is 0 Å². The Morgan fingerprint density at radius 3 is 0.750 bits per heavy atom. The molecule has 0 aromatic rings. The van der Waals surface area contributed by atoms with E-state index in [2.05, 4.69) is 0 Å². The molecule has 0 unspecified atom stereocenters. The first kappa shape index (κ1) is 39.6. The zero-order chi connectivity index (χ0) is 0. The van der Waals surface area contributed by atoms with Crippen LogP contribution in [0.2, 0.25) is 0 Å². The van der Waals surface area contributed by atoms with Gasteiger partial charge in [0.15, 0.2) is 0 Å². The Hall–Kier alpha value is 1.88. The molecule has 0 aromatic carbocycles. The maximum atomic E-state index is 0. The summed E-state index contributed by atoms with van der Waals surface area (Å²) < 4.78 is 0. The Labute approximate surface area is 71.3 Å². The van der Waals surface area contributed by atoms with Gasteiger partial charge in [0, 0.05) is 0 Å². The van der Waals surface area contributed by atoms with E-state index in [-0.39, 0.29) is 72.4 Å². The van der Waals surface area contributed by atoms with Crippen molar-refractivity contribution in [3.8, 4) is 0 Å². The fourth-order valence-electron chi connectivity index (χ4n) is 0. The minimum Gasteiger partial charge on any atom is -2.00 e. The average Bonchev–Trinajstić information content (AvgIpc) is 0. The van der Waals surface area contributed by atoms with Gasteiger partial charge in [-0.05, 0) is 0 Å². The third-order valence-corrected chi connectivity index (χ3v) is 0. The smallest absolute Gasteiger partial charge is 2.00 e. The van der Waals surface area contributed by atoms with Gasteiger partial charge in [-0.25, -0.2) is 0 Å². The Morgan fingerprint density at radius 1 is 0.750 bits per heavy atom. The van der Waals surface area contributed by atoms with Gasteiger partial charge in [-0.2, -0.15) is 0 Å². The SMILES string of the molecule is [Ni+2].[O-2].[O-2].[Ra+2]. The number of rotatable bonds is 0. The Balaban J connectivity index is 0. The Bertz CT molecular complexity index is 6.00. The summed E-state index contributed by atoms with van der Waals surface area (Å²) in [7, 11) is 0. The minimum absolute atomic E-state index is 0. The van der Waals surface area contributed by atoms with E-state index in [1.54, 1.807) is 0 Å². The van der Waals surface area contributed by atoms with Crippen LogP contribution in [0.15, 0.2) is 0 Å². The van der Waals surface area contributed by atoms with Crippen LogP contribution < -0.4 is 0 Å². The summed E-state index contributed by atoms with van der Waals surface area (Å²) in [6.45, 7) is 0. The van der Waals surface area contributed by atoms with Gasteiger partial charge in [0.05, 0.1) is 0 Å². The summed E-state index contributed by atoms with van der Waals surface area (Å²) in [5.41, 5.74) is 0. The second-order valence-corrected chi connectivity index (χ2v) is 0. The molecular weight excluding hydrogens is 317 g/mol. The Kier molecular flexibility index (Phi) is 206. The molecule has 0 rings (SSSR count). The van der Waals surface area contributed by atoms with Crippen molar-refractivity contribution in [2.24, 2.45) is 0 Å². The molecule has 0 atom stereocenters.